The zero-order chi connectivity index (χ0) is 12.3. The van der Waals surface area contributed by atoms with Gasteiger partial charge in [0.05, 0.1) is 17.4 Å². The van der Waals surface area contributed by atoms with Crippen molar-refractivity contribution in [2.24, 2.45) is 5.92 Å². The molecule has 0 spiro atoms. The summed E-state index contributed by atoms with van der Waals surface area (Å²) in [4.78, 5) is 11.9. The zero-order valence-corrected chi connectivity index (χ0v) is 9.95. The van der Waals surface area contributed by atoms with Gasteiger partial charge in [-0.25, -0.2) is 0 Å². The van der Waals surface area contributed by atoms with Gasteiger partial charge in [-0.3, -0.25) is 9.89 Å². The minimum absolute atomic E-state index is 0.00745. The van der Waals surface area contributed by atoms with E-state index in [9.17, 15) is 4.79 Å². The van der Waals surface area contributed by atoms with Crippen LogP contribution in [0.15, 0.2) is 24.4 Å². The monoisotopic (exact) mass is 232 g/mol. The summed E-state index contributed by atoms with van der Waals surface area (Å²) in [5.41, 5.74) is 1.72. The topological polar surface area (TPSA) is 69.8 Å². The van der Waals surface area contributed by atoms with Gasteiger partial charge in [-0.05, 0) is 19.2 Å². The number of amides is 1. The van der Waals surface area contributed by atoms with Crippen LogP contribution >= 0.6 is 0 Å². The molecule has 0 fully saturated rings. The van der Waals surface area contributed by atoms with Crippen molar-refractivity contribution < 1.29 is 4.79 Å². The number of aromatic nitrogens is 2. The maximum atomic E-state index is 11.9. The van der Waals surface area contributed by atoms with Gasteiger partial charge in [-0.2, -0.15) is 5.10 Å². The van der Waals surface area contributed by atoms with Crippen molar-refractivity contribution in [2.75, 3.05) is 18.9 Å². The molecule has 5 heteroatoms. The second-order valence-electron chi connectivity index (χ2n) is 4.08. The summed E-state index contributed by atoms with van der Waals surface area (Å²) in [5, 5.41) is 13.7. The molecule has 1 aromatic heterocycles. The van der Waals surface area contributed by atoms with Gasteiger partial charge in [0.1, 0.15) is 0 Å². The normalized spacial score (nSPS) is 12.6. The molecule has 5 nitrogen and oxygen atoms in total. The standard InChI is InChI=1S/C12H16N4O/c1-8(6-13-2)12(17)15-10-4-3-5-11-9(10)7-14-16-11/h3-5,7-8,13H,6H2,1-2H3,(H,14,16)(H,15,17). The van der Waals surface area contributed by atoms with Gasteiger partial charge >= 0.3 is 0 Å². The molecule has 1 heterocycles. The molecule has 1 aromatic carbocycles. The molecule has 0 saturated carbocycles. The summed E-state index contributed by atoms with van der Waals surface area (Å²) in [5.74, 6) is -0.0600. The first-order chi connectivity index (χ1) is 8.22. The van der Waals surface area contributed by atoms with E-state index in [1.54, 1.807) is 6.20 Å². The average Bonchev–Trinajstić information content (AvgIpc) is 2.78. The molecule has 0 radical (unpaired) electrons. The summed E-state index contributed by atoms with van der Waals surface area (Å²) in [6.45, 7) is 2.55. The molecule has 90 valence electrons. The van der Waals surface area contributed by atoms with Crippen molar-refractivity contribution in [3.63, 3.8) is 0 Å². The summed E-state index contributed by atoms with van der Waals surface area (Å²) in [7, 11) is 1.83. The number of H-pyrrole nitrogens is 1. The van der Waals surface area contributed by atoms with Crippen LogP contribution < -0.4 is 10.6 Å². The van der Waals surface area contributed by atoms with E-state index in [2.05, 4.69) is 20.8 Å². The Bertz CT molecular complexity index is 520. The van der Waals surface area contributed by atoms with E-state index < -0.39 is 0 Å². The average molecular weight is 232 g/mol. The number of hydrogen-bond donors (Lipinski definition) is 3. The Kier molecular flexibility index (Phi) is 3.39. The molecule has 0 aliphatic carbocycles. The summed E-state index contributed by atoms with van der Waals surface area (Å²) in [6.07, 6.45) is 1.72. The van der Waals surface area contributed by atoms with Gasteiger partial charge in [0.2, 0.25) is 5.91 Å². The van der Waals surface area contributed by atoms with Gasteiger partial charge in [-0.1, -0.05) is 13.0 Å². The number of benzene rings is 1. The largest absolute Gasteiger partial charge is 0.325 e. The van der Waals surface area contributed by atoms with Crippen molar-refractivity contribution in [1.82, 2.24) is 15.5 Å². The van der Waals surface area contributed by atoms with Crippen molar-refractivity contribution >= 4 is 22.5 Å². The van der Waals surface area contributed by atoms with Gasteiger partial charge in [-0.15, -0.1) is 0 Å². The highest BCUT2D eigenvalue weighted by Gasteiger charge is 2.13. The predicted octanol–water partition coefficient (Wildman–Crippen LogP) is 1.36. The van der Waals surface area contributed by atoms with Gasteiger partial charge < -0.3 is 10.6 Å². The molecule has 1 amide bonds. The quantitative estimate of drug-likeness (QED) is 0.745. The lowest BCUT2D eigenvalue weighted by Gasteiger charge is -2.11. The number of carbonyl (C=O) groups excluding carboxylic acids is 1. The number of hydrogen-bond acceptors (Lipinski definition) is 3. The van der Waals surface area contributed by atoms with Crippen LogP contribution in [0.1, 0.15) is 6.92 Å². The second kappa shape index (κ2) is 4.97. The fourth-order valence-electron chi connectivity index (χ4n) is 1.73. The number of nitrogens with zero attached hydrogens (tertiary/aromatic N) is 1. The first kappa shape index (κ1) is 11.6. The van der Waals surface area contributed by atoms with Crippen LogP contribution in [-0.2, 0) is 4.79 Å². The lowest BCUT2D eigenvalue weighted by Crippen LogP contribution is -2.28. The molecule has 0 aliphatic rings. The maximum Gasteiger partial charge on any atom is 0.228 e. The summed E-state index contributed by atoms with van der Waals surface area (Å²) >= 11 is 0. The molecule has 0 saturated heterocycles. The van der Waals surface area contributed by atoms with E-state index in [0.717, 1.165) is 16.6 Å². The van der Waals surface area contributed by atoms with Crippen LogP contribution in [0.3, 0.4) is 0 Å². The first-order valence-corrected chi connectivity index (χ1v) is 5.60. The van der Waals surface area contributed by atoms with Gasteiger partial charge in [0.25, 0.3) is 0 Å². The van der Waals surface area contributed by atoms with E-state index in [1.165, 1.54) is 0 Å². The maximum absolute atomic E-state index is 11.9. The summed E-state index contributed by atoms with van der Waals surface area (Å²) < 4.78 is 0. The summed E-state index contributed by atoms with van der Waals surface area (Å²) in [6, 6.07) is 5.69. The fourth-order valence-corrected chi connectivity index (χ4v) is 1.73. The number of fused-ring (bicyclic) bond motifs is 1. The molecule has 0 aliphatic heterocycles. The third-order valence-corrected chi connectivity index (χ3v) is 2.70. The van der Waals surface area contributed by atoms with Crippen LogP contribution in [-0.4, -0.2) is 29.7 Å². The fraction of sp³-hybridized carbons (Fsp3) is 0.333. The minimum atomic E-state index is -0.0674. The Morgan fingerprint density at radius 1 is 1.53 bits per heavy atom. The minimum Gasteiger partial charge on any atom is -0.325 e. The van der Waals surface area contributed by atoms with Crippen LogP contribution in [0.2, 0.25) is 0 Å². The molecule has 1 unspecified atom stereocenters. The van der Waals surface area contributed by atoms with E-state index >= 15 is 0 Å². The Morgan fingerprint density at radius 2 is 2.35 bits per heavy atom. The first-order valence-electron chi connectivity index (χ1n) is 5.60. The number of carbonyl (C=O) groups is 1. The Balaban J connectivity index is 2.18. The molecule has 2 aromatic rings. The number of nitrogens with one attached hydrogen (secondary N) is 3. The Morgan fingerprint density at radius 3 is 3.12 bits per heavy atom. The molecule has 2 rings (SSSR count). The SMILES string of the molecule is CNCC(C)C(=O)Nc1cccc2[nH]ncc12. The smallest absolute Gasteiger partial charge is 0.228 e. The Labute approximate surface area is 99.6 Å². The highest BCUT2D eigenvalue weighted by Crippen LogP contribution is 2.21. The van der Waals surface area contributed by atoms with Crippen LogP contribution in [0, 0.1) is 5.92 Å². The van der Waals surface area contributed by atoms with Crippen LogP contribution in [0.5, 0.6) is 0 Å². The van der Waals surface area contributed by atoms with Crippen molar-refractivity contribution in [3.8, 4) is 0 Å². The lowest BCUT2D eigenvalue weighted by molar-refractivity contribution is -0.119. The van der Waals surface area contributed by atoms with Gasteiger partial charge in [0.15, 0.2) is 0 Å². The predicted molar refractivity (Wildman–Crippen MR) is 67.8 cm³/mol. The van der Waals surface area contributed by atoms with Crippen LogP contribution in [0.25, 0.3) is 10.9 Å². The molecule has 17 heavy (non-hydrogen) atoms. The lowest BCUT2D eigenvalue weighted by atomic mass is 10.1. The number of aromatic amines is 1. The molecule has 3 N–H and O–H groups in total. The van der Waals surface area contributed by atoms with Gasteiger partial charge in [0, 0.05) is 17.8 Å². The van der Waals surface area contributed by atoms with E-state index in [1.807, 2.05) is 32.2 Å². The van der Waals surface area contributed by atoms with Crippen LogP contribution in [0.4, 0.5) is 5.69 Å². The van der Waals surface area contributed by atoms with Crippen molar-refractivity contribution in [1.29, 1.82) is 0 Å². The highest BCUT2D eigenvalue weighted by molar-refractivity contribution is 6.01. The van der Waals surface area contributed by atoms with Crippen molar-refractivity contribution in [3.05, 3.63) is 24.4 Å². The molecular formula is C12H16N4O. The molecule has 1 atom stereocenters. The third-order valence-electron chi connectivity index (χ3n) is 2.70. The van der Waals surface area contributed by atoms with Crippen molar-refractivity contribution in [2.45, 2.75) is 6.92 Å². The van der Waals surface area contributed by atoms with E-state index in [4.69, 9.17) is 0 Å². The highest BCUT2D eigenvalue weighted by atomic mass is 16.1. The Hall–Kier alpha value is -1.88. The number of rotatable bonds is 4. The third kappa shape index (κ3) is 2.45. The van der Waals surface area contributed by atoms with E-state index in [0.29, 0.717) is 6.54 Å². The zero-order valence-electron chi connectivity index (χ0n) is 9.95. The molecule has 0 bridgehead atoms. The number of anilines is 1. The van der Waals surface area contributed by atoms with E-state index in [-0.39, 0.29) is 11.8 Å². The second-order valence-corrected chi connectivity index (χ2v) is 4.08. The molecular weight excluding hydrogens is 216 g/mol.